The summed E-state index contributed by atoms with van der Waals surface area (Å²) in [5.74, 6) is -10.1. The molecular formula is C80H114F6N10O21S2. The Morgan fingerprint density at radius 1 is 0.521 bits per heavy atom. The molecule has 2 fully saturated rings. The van der Waals surface area contributed by atoms with Gasteiger partial charge in [-0.1, -0.05) is 136 Å². The second-order valence-corrected chi connectivity index (χ2v) is 33.1. The molecule has 0 bridgehead atoms. The van der Waals surface area contributed by atoms with E-state index in [4.69, 9.17) is 33.6 Å². The van der Waals surface area contributed by atoms with Crippen LogP contribution in [0.5, 0.6) is 0 Å². The summed E-state index contributed by atoms with van der Waals surface area (Å²) in [6.45, 7) is 19.1. The molecule has 2 aliphatic heterocycles. The number of aliphatic carboxylic acids is 1. The number of rotatable bonds is 37. The highest BCUT2D eigenvalue weighted by Gasteiger charge is 2.47. The fourth-order valence-electron chi connectivity index (χ4n) is 14.0. The number of nitrogens with zero attached hydrogens (tertiary/aromatic N) is 4. The summed E-state index contributed by atoms with van der Waals surface area (Å²) in [6.07, 6.45) is -11.0. The van der Waals surface area contributed by atoms with Crippen LogP contribution in [-0.2, 0) is 100 Å². The fraction of sp³-hybridized carbons (Fsp3) is 0.575. The number of ether oxygens (including phenoxy) is 6. The molecule has 39 heteroatoms. The van der Waals surface area contributed by atoms with E-state index in [1.54, 1.807) is 60.2 Å². The van der Waals surface area contributed by atoms with Crippen molar-refractivity contribution in [1.29, 1.82) is 0 Å². The highest BCUT2D eigenvalue weighted by molar-refractivity contribution is 7.90. The van der Waals surface area contributed by atoms with Gasteiger partial charge in [-0.3, -0.25) is 38.4 Å². The third-order valence-corrected chi connectivity index (χ3v) is 23.2. The number of amides is 9. The minimum absolute atomic E-state index is 0.0103. The van der Waals surface area contributed by atoms with Crippen LogP contribution >= 0.6 is 0 Å². The van der Waals surface area contributed by atoms with Crippen molar-refractivity contribution in [2.45, 2.75) is 217 Å². The number of alkyl halides is 6. The molecule has 2 aliphatic rings. The van der Waals surface area contributed by atoms with Gasteiger partial charge in [-0.2, -0.15) is 26.3 Å². The van der Waals surface area contributed by atoms with Crippen molar-refractivity contribution in [1.82, 2.24) is 35.0 Å². The second kappa shape index (κ2) is 46.9. The van der Waals surface area contributed by atoms with Gasteiger partial charge in [0, 0.05) is 67.0 Å². The van der Waals surface area contributed by atoms with Crippen molar-refractivity contribution in [3.63, 3.8) is 0 Å². The van der Waals surface area contributed by atoms with Gasteiger partial charge in [0.05, 0.1) is 83.1 Å². The van der Waals surface area contributed by atoms with Crippen LogP contribution in [0.2, 0.25) is 0 Å². The van der Waals surface area contributed by atoms with Crippen molar-refractivity contribution in [3.05, 3.63) is 120 Å². The molecule has 0 saturated carbocycles. The first kappa shape index (κ1) is 102. The molecule has 9 amide bonds. The number of carboxylic acids is 1. The number of nitrogens with two attached hydrogens (primary N) is 1. The molecule has 4 aromatic rings. The van der Waals surface area contributed by atoms with Crippen LogP contribution in [0.1, 0.15) is 132 Å². The standard InChI is InChI=1S/C40H56F3N5O10S.C32H51N3O8.C8H7F3N2O3S/c1-9-25(4)34(47(6)37(51)33(24(2)3)45-39(53)58-23-27-14-11-10-12-15-27)31(56-7)22-32(49)48-21-13-16-30(48)35(57-8)26(5)36(50)46-59(54,55)29-19-17-28(18-20-29)44-38(52)40(41,42)43;1-9-21(4)28(25(41-7)18-26(36)35-17-13-16-24(35)29(42-8)22(5)31(38)39)34(6)30(37)27(20(2)3)33-32(40)43-19-23-14-11-10-12-15-23;9-8(10,11)7(14)13-5-1-3-6(4-2-5)17(12,15)16/h10-12,14-15,17-20,24-26,30-31,33-35H,9,13,16,21-23H2,1-8H3,(H,44,52)(H,45,53)(H,46,50);10-12,14-15,20-22,24-25,27-29H,9,13,16-19H2,1-8H3,(H,33,40)(H,38,39);1-4H,(H,13,14)(H2,12,15,16)/t25-,26+,30-,31+,33-,34-,35+;21-,22+,24-,25+,27-,28-,29+;/m00./s1. The first-order chi connectivity index (χ1) is 55.6. The van der Waals surface area contributed by atoms with Gasteiger partial charge in [-0.15, -0.1) is 0 Å². The van der Waals surface area contributed by atoms with Crippen LogP contribution in [0.3, 0.4) is 0 Å². The largest absolute Gasteiger partial charge is 0.481 e. The van der Waals surface area contributed by atoms with E-state index < -0.39 is 146 Å². The summed E-state index contributed by atoms with van der Waals surface area (Å²) in [7, 11) is 0.645. The number of primary sulfonamides is 1. The van der Waals surface area contributed by atoms with E-state index in [-0.39, 0.29) is 89.8 Å². The molecule has 8 N–H and O–H groups in total. The Kier molecular flexibility index (Phi) is 40.1. The Bertz CT molecular complexity index is 4220. The van der Waals surface area contributed by atoms with Gasteiger partial charge in [0.25, 0.3) is 10.0 Å². The predicted molar refractivity (Wildman–Crippen MR) is 426 cm³/mol. The Morgan fingerprint density at radius 3 is 1.17 bits per heavy atom. The molecule has 31 nitrogen and oxygen atoms in total. The van der Waals surface area contributed by atoms with E-state index in [9.17, 15) is 96.2 Å². The molecule has 0 aliphatic carbocycles. The number of hydrogen-bond acceptors (Lipinski definition) is 20. The first-order valence-electron chi connectivity index (χ1n) is 38.6. The highest BCUT2D eigenvalue weighted by atomic mass is 32.2. The lowest BCUT2D eigenvalue weighted by atomic mass is 9.89. The lowest BCUT2D eigenvalue weighted by Crippen LogP contribution is -2.57. The SMILES string of the molecule is CC[C@H](C)[C@@H]([C@@H](CC(=O)N1CCC[C@H]1[C@H](OC)[C@@H](C)C(=O)NS(=O)(=O)c1ccc(NC(=O)C(F)(F)F)cc1)OC)N(C)C(=O)[C@@H](NC(=O)OCc1ccccc1)C(C)C.CC[C@H](C)[C@@H]([C@@H](CC(=O)N1CCC[C@H]1[C@H](OC)[C@@H](C)C(=O)O)OC)N(C)C(=O)[C@@H](NC(=O)OCc1ccccc1)C(C)C.NS(=O)(=O)c1ccc(NC(=O)C(F)(F)F)cc1. The van der Waals surface area contributed by atoms with E-state index in [0.29, 0.717) is 38.8 Å². The number of hydrogen-bond donors (Lipinski definition) is 7. The Hall–Kier alpha value is -9.54. The Morgan fingerprint density at radius 2 is 0.866 bits per heavy atom. The minimum Gasteiger partial charge on any atom is -0.481 e. The van der Waals surface area contributed by atoms with Gasteiger partial charge in [0.2, 0.25) is 39.6 Å². The Balaban J connectivity index is 0.000000430. The second-order valence-electron chi connectivity index (χ2n) is 29.8. The molecular weight excluding hydrogens is 1620 g/mol. The van der Waals surface area contributed by atoms with Crippen molar-refractivity contribution in [3.8, 4) is 0 Å². The van der Waals surface area contributed by atoms with Gasteiger partial charge in [-0.05, 0) is 116 Å². The zero-order valence-corrected chi connectivity index (χ0v) is 71.3. The molecule has 14 atom stereocenters. The van der Waals surface area contributed by atoms with Gasteiger partial charge >= 0.3 is 42.3 Å². The molecule has 0 radical (unpaired) electrons. The number of likely N-dealkylation sites (tertiary alicyclic amines) is 2. The fourth-order valence-corrected chi connectivity index (χ4v) is 15.6. The number of carbonyl (C=O) groups is 10. The average molecular weight is 1730 g/mol. The topological polar surface area (TPSA) is 414 Å². The number of methoxy groups -OCH3 is 4. The number of likely N-dealkylation sites (N-methyl/N-ethyl adjacent to an activating group) is 2. The predicted octanol–water partition coefficient (Wildman–Crippen LogP) is 9.64. The number of alkyl carbamates (subject to hydrolysis) is 2. The van der Waals surface area contributed by atoms with Gasteiger partial charge < -0.3 is 74.4 Å². The number of carboxylic acid groups (broad SMARTS) is 1. The molecule has 664 valence electrons. The monoisotopic (exact) mass is 1730 g/mol. The molecule has 4 aromatic carbocycles. The van der Waals surface area contributed by atoms with Gasteiger partial charge in [0.1, 0.15) is 25.3 Å². The third-order valence-electron chi connectivity index (χ3n) is 20.9. The molecule has 2 heterocycles. The van der Waals surface area contributed by atoms with E-state index in [2.05, 4.69) is 10.6 Å². The maximum atomic E-state index is 14.1. The Labute approximate surface area is 691 Å². The van der Waals surface area contributed by atoms with Crippen molar-refractivity contribution >= 4 is 90.9 Å². The van der Waals surface area contributed by atoms with Crippen LogP contribution in [-0.4, -0.2) is 230 Å². The van der Waals surface area contributed by atoms with E-state index in [0.717, 1.165) is 72.5 Å². The average Bonchev–Trinajstić information content (AvgIpc) is 1.79. The lowest BCUT2D eigenvalue weighted by molar-refractivity contribution is -0.167. The van der Waals surface area contributed by atoms with E-state index in [1.165, 1.54) is 40.3 Å². The summed E-state index contributed by atoms with van der Waals surface area (Å²) >= 11 is 0. The summed E-state index contributed by atoms with van der Waals surface area (Å²) in [4.78, 5) is 134. The van der Waals surface area contributed by atoms with Crippen molar-refractivity contribution < 1.29 is 125 Å². The highest BCUT2D eigenvalue weighted by Crippen LogP contribution is 2.33. The third kappa shape index (κ3) is 30.3. The lowest BCUT2D eigenvalue weighted by Gasteiger charge is -2.40. The van der Waals surface area contributed by atoms with Crippen molar-refractivity contribution in [2.75, 3.05) is 66.3 Å². The minimum atomic E-state index is -5.15. The summed E-state index contributed by atoms with van der Waals surface area (Å²) in [6, 6.07) is 22.3. The quantitative estimate of drug-likeness (QED) is 0.0206. The summed E-state index contributed by atoms with van der Waals surface area (Å²) in [5.41, 5.74) is 1.13. The van der Waals surface area contributed by atoms with E-state index in [1.807, 2.05) is 107 Å². The smallest absolute Gasteiger partial charge is 0.471 e. The molecule has 0 spiro atoms. The molecule has 0 aromatic heterocycles. The number of anilines is 2. The van der Waals surface area contributed by atoms with Crippen LogP contribution in [0, 0.1) is 35.5 Å². The van der Waals surface area contributed by atoms with Crippen LogP contribution in [0.15, 0.2) is 119 Å². The first-order valence-corrected chi connectivity index (χ1v) is 41.6. The van der Waals surface area contributed by atoms with Crippen LogP contribution in [0.25, 0.3) is 0 Å². The molecule has 119 heavy (non-hydrogen) atoms. The van der Waals surface area contributed by atoms with Crippen LogP contribution < -0.4 is 31.1 Å². The zero-order valence-electron chi connectivity index (χ0n) is 69.7. The maximum absolute atomic E-state index is 14.1. The zero-order chi connectivity index (χ0) is 89.8. The molecule has 6 rings (SSSR count). The maximum Gasteiger partial charge on any atom is 0.471 e. The number of nitrogens with one attached hydrogen (secondary N) is 5. The number of halogens is 6. The normalized spacial score (nSPS) is 17.4. The van der Waals surface area contributed by atoms with Crippen LogP contribution in [0.4, 0.5) is 47.3 Å². The molecule has 2 saturated heterocycles. The van der Waals surface area contributed by atoms with Gasteiger partial charge in [0.15, 0.2) is 0 Å². The number of carbonyl (C=O) groups excluding carboxylic acids is 9. The summed E-state index contributed by atoms with van der Waals surface area (Å²) in [5, 5.41) is 23.0. The molecule has 0 unspecified atom stereocenters. The van der Waals surface area contributed by atoms with Crippen molar-refractivity contribution in [2.24, 2.45) is 40.6 Å². The number of sulfonamides is 2. The van der Waals surface area contributed by atoms with Gasteiger partial charge in [-0.25, -0.2) is 36.3 Å². The van der Waals surface area contributed by atoms with E-state index >= 15 is 0 Å². The summed E-state index contributed by atoms with van der Waals surface area (Å²) < 4.78 is 157. The number of benzene rings is 4.